The molecule has 0 saturated heterocycles. The van der Waals surface area contributed by atoms with Crippen molar-refractivity contribution in [3.05, 3.63) is 69.9 Å². The predicted molar refractivity (Wildman–Crippen MR) is 181 cm³/mol. The molecule has 47 heavy (non-hydrogen) atoms. The molecule has 1 aliphatic carbocycles. The Labute approximate surface area is 275 Å². The Kier molecular flexibility index (Phi) is 11.9. The summed E-state index contributed by atoms with van der Waals surface area (Å²) in [5.74, 6) is 2.03. The minimum atomic E-state index is -0.696. The molecule has 0 saturated carbocycles. The number of hydrogen-bond donors (Lipinski definition) is 3. The van der Waals surface area contributed by atoms with Gasteiger partial charge in [0.25, 0.3) is 0 Å². The van der Waals surface area contributed by atoms with Crippen molar-refractivity contribution in [1.29, 1.82) is 0 Å². The van der Waals surface area contributed by atoms with Crippen molar-refractivity contribution < 1.29 is 33.3 Å². The second-order valence-electron chi connectivity index (χ2n) is 11.4. The number of methoxy groups -OCH3 is 4. The van der Waals surface area contributed by atoms with Gasteiger partial charge in [-0.2, -0.15) is 0 Å². The molecular weight excluding hydrogens is 602 g/mol. The maximum atomic E-state index is 13.9. The van der Waals surface area contributed by atoms with Crippen LogP contribution < -0.4 is 45.1 Å². The number of amides is 2. The number of nitrogens with one attached hydrogen (secondary N) is 3. The highest BCUT2D eigenvalue weighted by atomic mass is 16.5. The molecule has 0 radical (unpaired) electrons. The van der Waals surface area contributed by atoms with Gasteiger partial charge in [0.2, 0.25) is 23.0 Å². The van der Waals surface area contributed by atoms with E-state index in [1.807, 2.05) is 38.1 Å². The highest BCUT2D eigenvalue weighted by Crippen LogP contribution is 2.50. The Hall–Kier alpha value is -4.93. The Morgan fingerprint density at radius 1 is 0.915 bits per heavy atom. The summed E-state index contributed by atoms with van der Waals surface area (Å²) < 4.78 is 28.3. The van der Waals surface area contributed by atoms with Gasteiger partial charge in [-0.3, -0.25) is 14.4 Å². The highest BCUT2D eigenvalue weighted by Gasteiger charge is 2.30. The van der Waals surface area contributed by atoms with E-state index in [0.29, 0.717) is 59.1 Å². The first-order valence-corrected chi connectivity index (χ1v) is 15.7. The van der Waals surface area contributed by atoms with Crippen molar-refractivity contribution in [2.75, 3.05) is 46.9 Å². The molecule has 3 N–H and O–H groups in total. The molecule has 252 valence electrons. The normalized spacial score (nSPS) is 14.7. The van der Waals surface area contributed by atoms with Crippen LogP contribution in [0.25, 0.3) is 11.1 Å². The monoisotopic (exact) mass is 647 g/mol. The van der Waals surface area contributed by atoms with Crippen molar-refractivity contribution in [3.63, 3.8) is 0 Å². The second-order valence-corrected chi connectivity index (χ2v) is 11.4. The molecule has 2 amide bonds. The largest absolute Gasteiger partial charge is 0.493 e. The zero-order valence-corrected chi connectivity index (χ0v) is 28.2. The van der Waals surface area contributed by atoms with Gasteiger partial charge in [0.05, 0.1) is 46.7 Å². The van der Waals surface area contributed by atoms with E-state index < -0.39 is 12.1 Å². The van der Waals surface area contributed by atoms with Crippen molar-refractivity contribution in [3.8, 4) is 39.9 Å². The average molecular weight is 648 g/mol. The number of aryl methyl sites for hydroxylation is 1. The zero-order chi connectivity index (χ0) is 34.1. The molecule has 3 atom stereocenters. The summed E-state index contributed by atoms with van der Waals surface area (Å²) in [6, 6.07) is 13.1. The van der Waals surface area contributed by atoms with Crippen molar-refractivity contribution in [1.82, 2.24) is 10.6 Å². The molecule has 0 spiro atoms. The number of hydrogen-bond acceptors (Lipinski definition) is 9. The number of ether oxygens (including phenoxy) is 5. The molecule has 11 heteroatoms. The molecule has 0 fully saturated rings. The molecule has 0 aromatic heterocycles. The van der Waals surface area contributed by atoms with Gasteiger partial charge in [-0.05, 0) is 65.8 Å². The van der Waals surface area contributed by atoms with Crippen LogP contribution in [0.1, 0.15) is 50.8 Å². The minimum Gasteiger partial charge on any atom is -0.493 e. The number of fused-ring (bicyclic) bond motifs is 3. The van der Waals surface area contributed by atoms with Crippen LogP contribution in [-0.2, 0) is 16.0 Å². The average Bonchev–Trinajstić information content (AvgIpc) is 3.32. The van der Waals surface area contributed by atoms with Crippen LogP contribution in [0.15, 0.2) is 53.3 Å². The fraction of sp³-hybridized carbons (Fsp3) is 0.417. The molecule has 0 bridgehead atoms. The number of para-hydroxylation sites is 2. The van der Waals surface area contributed by atoms with Crippen LogP contribution in [0.2, 0.25) is 0 Å². The van der Waals surface area contributed by atoms with Crippen LogP contribution in [0.5, 0.6) is 28.7 Å². The van der Waals surface area contributed by atoms with E-state index in [-0.39, 0.29) is 42.0 Å². The van der Waals surface area contributed by atoms with Crippen LogP contribution >= 0.6 is 0 Å². The van der Waals surface area contributed by atoms with E-state index >= 15 is 0 Å². The summed E-state index contributed by atoms with van der Waals surface area (Å²) in [6.07, 6.45) is 1.83. The van der Waals surface area contributed by atoms with Gasteiger partial charge in [-0.1, -0.05) is 38.5 Å². The molecule has 0 heterocycles. The third-order valence-electron chi connectivity index (χ3n) is 8.45. The first kappa shape index (κ1) is 34.9. The number of carbonyl (C=O) groups is 2. The fourth-order valence-electron chi connectivity index (χ4n) is 5.88. The number of carbonyl (C=O) groups excluding carboxylic acids is 2. The number of anilines is 1. The Balaban J connectivity index is 1.69. The van der Waals surface area contributed by atoms with E-state index in [1.165, 1.54) is 20.1 Å². The van der Waals surface area contributed by atoms with E-state index in [1.54, 1.807) is 39.5 Å². The Bertz CT molecular complexity index is 1640. The lowest BCUT2D eigenvalue weighted by Crippen LogP contribution is -2.45. The highest BCUT2D eigenvalue weighted by molar-refractivity contribution is 5.86. The summed E-state index contributed by atoms with van der Waals surface area (Å²) in [6.45, 7) is 5.89. The quantitative estimate of drug-likeness (QED) is 0.209. The van der Waals surface area contributed by atoms with Crippen molar-refractivity contribution in [2.24, 2.45) is 5.92 Å². The van der Waals surface area contributed by atoms with E-state index in [2.05, 4.69) is 16.0 Å². The molecule has 0 aliphatic heterocycles. The Morgan fingerprint density at radius 2 is 1.62 bits per heavy atom. The molecule has 3 aromatic rings. The van der Waals surface area contributed by atoms with Crippen LogP contribution in [-0.4, -0.2) is 59.4 Å². The van der Waals surface area contributed by atoms with Crippen molar-refractivity contribution >= 4 is 17.5 Å². The van der Waals surface area contributed by atoms with Crippen molar-refractivity contribution in [2.45, 2.75) is 52.1 Å². The summed E-state index contributed by atoms with van der Waals surface area (Å²) in [5, 5.41) is 9.19. The van der Waals surface area contributed by atoms with Gasteiger partial charge in [0, 0.05) is 12.5 Å². The van der Waals surface area contributed by atoms with E-state index in [4.69, 9.17) is 23.7 Å². The standard InChI is InChI=1S/C36H45N3O8/c1-8-21(2)33(36(42)37-17-18-47-30-12-10-9-11-29(30)43-4)39-27-16-14-24-25(20-28(27)41)26(38-22(3)40)15-13-23-19-31(44-5)34(45-6)35(46-7)32(23)24/h9-12,14,16,19-21,26,33H,8,13,15,17-18H2,1-7H3,(H,37,42)(H,38,40)(H,39,41)/t21-,26+,33+/m0/s1. The lowest BCUT2D eigenvalue weighted by Gasteiger charge is -2.24. The van der Waals surface area contributed by atoms with E-state index in [0.717, 1.165) is 11.1 Å². The van der Waals surface area contributed by atoms with Gasteiger partial charge in [-0.15, -0.1) is 0 Å². The third kappa shape index (κ3) is 7.90. The first-order valence-electron chi connectivity index (χ1n) is 15.7. The molecular formula is C36H45N3O8. The summed E-state index contributed by atoms with van der Waals surface area (Å²) in [4.78, 5) is 39.6. The summed E-state index contributed by atoms with van der Waals surface area (Å²) >= 11 is 0. The second kappa shape index (κ2) is 16.1. The van der Waals surface area contributed by atoms with Crippen LogP contribution in [0.4, 0.5) is 5.69 Å². The summed E-state index contributed by atoms with van der Waals surface area (Å²) in [5.41, 5.74) is 2.96. The van der Waals surface area contributed by atoms with Gasteiger partial charge < -0.3 is 39.6 Å². The number of rotatable bonds is 14. The van der Waals surface area contributed by atoms with Crippen LogP contribution in [0, 0.1) is 5.92 Å². The van der Waals surface area contributed by atoms with Gasteiger partial charge in [-0.25, -0.2) is 0 Å². The maximum Gasteiger partial charge on any atom is 0.242 e. The van der Waals surface area contributed by atoms with Crippen LogP contribution in [0.3, 0.4) is 0 Å². The Morgan fingerprint density at radius 3 is 2.26 bits per heavy atom. The zero-order valence-electron chi connectivity index (χ0n) is 28.2. The summed E-state index contributed by atoms with van der Waals surface area (Å²) in [7, 11) is 6.23. The molecule has 0 unspecified atom stereocenters. The molecule has 1 aliphatic rings. The minimum absolute atomic E-state index is 0.0995. The maximum absolute atomic E-state index is 13.9. The predicted octanol–water partition coefficient (Wildman–Crippen LogP) is 4.89. The fourth-order valence-corrected chi connectivity index (χ4v) is 5.88. The van der Waals surface area contributed by atoms with Gasteiger partial charge in [0.15, 0.2) is 23.0 Å². The smallest absolute Gasteiger partial charge is 0.242 e. The lowest BCUT2D eigenvalue weighted by molar-refractivity contribution is -0.123. The molecule has 3 aromatic carbocycles. The van der Waals surface area contributed by atoms with E-state index in [9.17, 15) is 14.4 Å². The SMILES string of the molecule is CC[C@H](C)[C@@H](Nc1ccc2c(cc1=O)[C@H](NC(C)=O)CCc1cc(OC)c(OC)c(OC)c1-2)C(=O)NCCOc1ccccc1OC. The first-order chi connectivity index (χ1) is 22.7. The van der Waals surface area contributed by atoms with Gasteiger partial charge >= 0.3 is 0 Å². The topological polar surface area (TPSA) is 133 Å². The van der Waals surface area contributed by atoms with Gasteiger partial charge in [0.1, 0.15) is 12.6 Å². The lowest BCUT2D eigenvalue weighted by atomic mass is 9.95. The molecule has 11 nitrogen and oxygen atoms in total. The number of benzene rings is 2. The third-order valence-corrected chi connectivity index (χ3v) is 8.45. The molecule has 4 rings (SSSR count).